The maximum Gasteiger partial charge on any atom is 0.263 e. The molecule has 1 aliphatic heterocycles. The zero-order chi connectivity index (χ0) is 21.3. The molecule has 0 bridgehead atoms. The highest BCUT2D eigenvalue weighted by molar-refractivity contribution is 6.05. The standard InChI is InChI=1S/C23H26N4O3/c1-15-10-11-26(14-20-5-4-12-30-20)23(29)21(15)22(28)24-18-6-8-19(9-7-18)27-17(3)13-16(2)25-27/h6-11,13,20H,4-5,12,14H2,1-3H3,(H,24,28). The minimum absolute atomic E-state index is 0.0308. The summed E-state index contributed by atoms with van der Waals surface area (Å²) in [7, 11) is 0. The highest BCUT2D eigenvalue weighted by atomic mass is 16.5. The lowest BCUT2D eigenvalue weighted by Gasteiger charge is -2.14. The molecular weight excluding hydrogens is 380 g/mol. The summed E-state index contributed by atoms with van der Waals surface area (Å²) < 4.78 is 9.05. The first-order valence-electron chi connectivity index (χ1n) is 10.2. The molecule has 2 aromatic heterocycles. The number of nitrogens with zero attached hydrogens (tertiary/aromatic N) is 3. The van der Waals surface area contributed by atoms with Crippen LogP contribution in [0, 0.1) is 20.8 Å². The molecule has 1 aromatic carbocycles. The van der Waals surface area contributed by atoms with Gasteiger partial charge < -0.3 is 14.6 Å². The summed E-state index contributed by atoms with van der Waals surface area (Å²) in [6.07, 6.45) is 3.71. The predicted octanol–water partition coefficient (Wildman–Crippen LogP) is 3.39. The summed E-state index contributed by atoms with van der Waals surface area (Å²) in [5, 5.41) is 7.31. The molecule has 1 amide bonds. The molecule has 0 radical (unpaired) electrons. The van der Waals surface area contributed by atoms with Crippen molar-refractivity contribution in [3.8, 4) is 5.69 Å². The lowest BCUT2D eigenvalue weighted by Crippen LogP contribution is -2.32. The lowest BCUT2D eigenvalue weighted by atomic mass is 10.1. The summed E-state index contributed by atoms with van der Waals surface area (Å²) in [5.41, 5.74) is 4.05. The Morgan fingerprint density at radius 1 is 1.20 bits per heavy atom. The Labute approximate surface area is 175 Å². The largest absolute Gasteiger partial charge is 0.376 e. The molecule has 0 aliphatic carbocycles. The van der Waals surface area contributed by atoms with Crippen LogP contribution in [-0.4, -0.2) is 33.0 Å². The Morgan fingerprint density at radius 2 is 1.97 bits per heavy atom. The molecule has 4 rings (SSSR count). The zero-order valence-electron chi connectivity index (χ0n) is 17.5. The third kappa shape index (κ3) is 4.07. The Morgan fingerprint density at radius 3 is 2.60 bits per heavy atom. The van der Waals surface area contributed by atoms with Crippen molar-refractivity contribution in [2.45, 2.75) is 46.3 Å². The van der Waals surface area contributed by atoms with E-state index in [1.807, 2.05) is 48.9 Å². The number of rotatable bonds is 5. The average molecular weight is 406 g/mol. The van der Waals surface area contributed by atoms with Crippen molar-refractivity contribution in [1.82, 2.24) is 14.3 Å². The van der Waals surface area contributed by atoms with Crippen LogP contribution in [0.3, 0.4) is 0 Å². The molecule has 0 saturated carbocycles. The second-order valence-electron chi connectivity index (χ2n) is 7.81. The van der Waals surface area contributed by atoms with E-state index in [0.717, 1.165) is 36.5 Å². The van der Waals surface area contributed by atoms with Gasteiger partial charge in [-0.15, -0.1) is 0 Å². The Balaban J connectivity index is 1.53. The molecule has 1 aliphatic rings. The van der Waals surface area contributed by atoms with Crippen LogP contribution < -0.4 is 10.9 Å². The van der Waals surface area contributed by atoms with Crippen LogP contribution in [0.2, 0.25) is 0 Å². The van der Waals surface area contributed by atoms with E-state index in [9.17, 15) is 9.59 Å². The zero-order valence-corrected chi connectivity index (χ0v) is 17.5. The van der Waals surface area contributed by atoms with Crippen LogP contribution in [0.15, 0.2) is 47.4 Å². The van der Waals surface area contributed by atoms with Crippen molar-refractivity contribution in [3.05, 3.63) is 75.5 Å². The second-order valence-corrected chi connectivity index (χ2v) is 7.81. The van der Waals surface area contributed by atoms with Gasteiger partial charge in [0, 0.05) is 24.2 Å². The summed E-state index contributed by atoms with van der Waals surface area (Å²) >= 11 is 0. The highest BCUT2D eigenvalue weighted by Crippen LogP contribution is 2.17. The van der Waals surface area contributed by atoms with Crippen LogP contribution in [0.25, 0.3) is 5.69 Å². The van der Waals surface area contributed by atoms with Crippen molar-refractivity contribution >= 4 is 11.6 Å². The monoisotopic (exact) mass is 406 g/mol. The predicted molar refractivity (Wildman–Crippen MR) is 115 cm³/mol. The maximum absolute atomic E-state index is 12.9. The molecule has 0 spiro atoms. The second kappa shape index (κ2) is 8.28. The Kier molecular flexibility index (Phi) is 5.55. The number of aryl methyl sites for hydroxylation is 3. The van der Waals surface area contributed by atoms with E-state index in [0.29, 0.717) is 17.8 Å². The van der Waals surface area contributed by atoms with Crippen molar-refractivity contribution in [2.75, 3.05) is 11.9 Å². The Bertz CT molecular complexity index is 1120. The molecule has 3 aromatic rings. The molecule has 1 unspecified atom stereocenters. The van der Waals surface area contributed by atoms with Gasteiger partial charge in [0.25, 0.3) is 11.5 Å². The molecule has 1 atom stereocenters. The molecule has 7 heteroatoms. The topological polar surface area (TPSA) is 78.1 Å². The smallest absolute Gasteiger partial charge is 0.263 e. The fraction of sp³-hybridized carbons (Fsp3) is 0.348. The number of nitrogens with one attached hydrogen (secondary N) is 1. The molecular formula is C23H26N4O3. The van der Waals surface area contributed by atoms with E-state index in [-0.39, 0.29) is 17.2 Å². The van der Waals surface area contributed by atoms with Gasteiger partial charge in [0.2, 0.25) is 0 Å². The molecule has 1 saturated heterocycles. The number of anilines is 1. The van der Waals surface area contributed by atoms with E-state index in [2.05, 4.69) is 10.4 Å². The maximum atomic E-state index is 12.9. The fourth-order valence-electron chi connectivity index (χ4n) is 3.86. The molecule has 156 valence electrons. The van der Waals surface area contributed by atoms with E-state index < -0.39 is 5.91 Å². The van der Waals surface area contributed by atoms with Gasteiger partial charge in [-0.2, -0.15) is 5.10 Å². The minimum Gasteiger partial charge on any atom is -0.376 e. The van der Waals surface area contributed by atoms with E-state index in [1.165, 1.54) is 0 Å². The van der Waals surface area contributed by atoms with Crippen molar-refractivity contribution < 1.29 is 9.53 Å². The van der Waals surface area contributed by atoms with Crippen LogP contribution in [0.5, 0.6) is 0 Å². The first-order chi connectivity index (χ1) is 14.4. The normalized spacial score (nSPS) is 16.0. The molecule has 30 heavy (non-hydrogen) atoms. The summed E-state index contributed by atoms with van der Waals surface area (Å²) in [6.45, 7) is 6.92. The SMILES string of the molecule is Cc1cc(C)n(-c2ccc(NC(=O)c3c(C)ccn(CC4CCCO4)c3=O)cc2)n1. The number of amides is 1. The number of hydrogen-bond donors (Lipinski definition) is 1. The van der Waals surface area contributed by atoms with Crippen LogP contribution in [0.1, 0.15) is 40.2 Å². The lowest BCUT2D eigenvalue weighted by molar-refractivity contribution is 0.0952. The van der Waals surface area contributed by atoms with E-state index >= 15 is 0 Å². The number of aromatic nitrogens is 3. The number of pyridine rings is 1. The average Bonchev–Trinajstić information content (AvgIpc) is 3.34. The third-order valence-corrected chi connectivity index (χ3v) is 5.40. The molecule has 1 fully saturated rings. The van der Waals surface area contributed by atoms with Crippen molar-refractivity contribution in [2.24, 2.45) is 0 Å². The van der Waals surface area contributed by atoms with Gasteiger partial charge in [-0.3, -0.25) is 9.59 Å². The number of ether oxygens (including phenoxy) is 1. The van der Waals surface area contributed by atoms with Gasteiger partial charge >= 0.3 is 0 Å². The number of carbonyl (C=O) groups is 1. The molecule has 1 N–H and O–H groups in total. The third-order valence-electron chi connectivity index (χ3n) is 5.40. The first kappa shape index (κ1) is 20.1. The summed E-state index contributed by atoms with van der Waals surface area (Å²) in [5.74, 6) is -0.405. The van der Waals surface area contributed by atoms with Gasteiger partial charge in [0.15, 0.2) is 0 Å². The van der Waals surface area contributed by atoms with Crippen molar-refractivity contribution in [1.29, 1.82) is 0 Å². The van der Waals surface area contributed by atoms with Crippen LogP contribution in [-0.2, 0) is 11.3 Å². The quantitative estimate of drug-likeness (QED) is 0.705. The van der Waals surface area contributed by atoms with Gasteiger partial charge in [-0.1, -0.05) is 0 Å². The number of carbonyl (C=O) groups excluding carboxylic acids is 1. The summed E-state index contributed by atoms with van der Waals surface area (Å²) in [6, 6.07) is 11.2. The van der Waals surface area contributed by atoms with Gasteiger partial charge in [-0.25, -0.2) is 4.68 Å². The van der Waals surface area contributed by atoms with Gasteiger partial charge in [0.05, 0.1) is 24.0 Å². The summed E-state index contributed by atoms with van der Waals surface area (Å²) in [4.78, 5) is 25.8. The number of hydrogen-bond acceptors (Lipinski definition) is 4. The van der Waals surface area contributed by atoms with Crippen LogP contribution >= 0.6 is 0 Å². The minimum atomic E-state index is -0.405. The van der Waals surface area contributed by atoms with E-state index in [1.54, 1.807) is 23.8 Å². The molecule has 3 heterocycles. The molecule has 7 nitrogen and oxygen atoms in total. The van der Waals surface area contributed by atoms with Gasteiger partial charge in [-0.05, 0) is 75.6 Å². The van der Waals surface area contributed by atoms with Crippen LogP contribution in [0.4, 0.5) is 5.69 Å². The Hall–Kier alpha value is -3.19. The van der Waals surface area contributed by atoms with E-state index in [4.69, 9.17) is 4.74 Å². The first-order valence-corrected chi connectivity index (χ1v) is 10.2. The van der Waals surface area contributed by atoms with Gasteiger partial charge in [0.1, 0.15) is 5.56 Å². The fourth-order valence-corrected chi connectivity index (χ4v) is 3.86. The number of benzene rings is 1. The highest BCUT2D eigenvalue weighted by Gasteiger charge is 2.20. The van der Waals surface area contributed by atoms with Crippen molar-refractivity contribution in [3.63, 3.8) is 0 Å².